The Morgan fingerprint density at radius 1 is 1.44 bits per heavy atom. The van der Waals surface area contributed by atoms with E-state index in [4.69, 9.17) is 4.74 Å². The summed E-state index contributed by atoms with van der Waals surface area (Å²) < 4.78 is 6.92. The first kappa shape index (κ1) is 13.6. The van der Waals surface area contributed by atoms with E-state index in [1.165, 1.54) is 19.3 Å². The number of aldehydes is 1. The Morgan fingerprint density at radius 3 is 2.94 bits per heavy atom. The fraction of sp³-hybridized carbons (Fsp3) is 0.533. The van der Waals surface area contributed by atoms with Gasteiger partial charge in [0.2, 0.25) is 0 Å². The van der Waals surface area contributed by atoms with Gasteiger partial charge in [-0.15, -0.1) is 0 Å². The third kappa shape index (κ3) is 3.35. The number of hydrogen-bond donors (Lipinski definition) is 0. The van der Waals surface area contributed by atoms with E-state index < -0.39 is 0 Å². The molecule has 3 heteroatoms. The minimum Gasteiger partial charge on any atom is -0.489 e. The molecule has 1 aromatic rings. The summed E-state index contributed by atoms with van der Waals surface area (Å²) >= 11 is 3.46. The number of hydrogen-bond acceptors (Lipinski definition) is 2. The first-order valence-electron chi connectivity index (χ1n) is 6.64. The molecule has 2 unspecified atom stereocenters. The maximum absolute atomic E-state index is 10.7. The van der Waals surface area contributed by atoms with Crippen molar-refractivity contribution in [3.05, 3.63) is 28.2 Å². The summed E-state index contributed by atoms with van der Waals surface area (Å²) in [6.07, 6.45) is 7.29. The summed E-state index contributed by atoms with van der Waals surface area (Å²) in [5, 5.41) is 0. The molecule has 98 valence electrons. The number of benzene rings is 1. The highest BCUT2D eigenvalue weighted by molar-refractivity contribution is 9.10. The molecule has 0 radical (unpaired) electrons. The van der Waals surface area contributed by atoms with Gasteiger partial charge in [-0.3, -0.25) is 4.79 Å². The monoisotopic (exact) mass is 310 g/mol. The zero-order valence-corrected chi connectivity index (χ0v) is 12.3. The van der Waals surface area contributed by atoms with E-state index in [2.05, 4.69) is 22.9 Å². The van der Waals surface area contributed by atoms with E-state index >= 15 is 0 Å². The largest absolute Gasteiger partial charge is 0.489 e. The van der Waals surface area contributed by atoms with E-state index in [0.29, 0.717) is 11.7 Å². The number of ether oxygens (including phenoxy) is 1. The molecule has 1 aliphatic rings. The van der Waals surface area contributed by atoms with Gasteiger partial charge < -0.3 is 4.74 Å². The SMILES string of the molecule is CCC1CCCC(Oc2ccc(C=O)cc2Br)C1. The predicted molar refractivity (Wildman–Crippen MR) is 76.2 cm³/mol. The van der Waals surface area contributed by atoms with Gasteiger partial charge >= 0.3 is 0 Å². The molecule has 0 amide bonds. The average molecular weight is 311 g/mol. The van der Waals surface area contributed by atoms with Crippen molar-refractivity contribution in [1.29, 1.82) is 0 Å². The second-order valence-electron chi connectivity index (χ2n) is 4.99. The Kier molecular flexibility index (Phi) is 4.81. The second kappa shape index (κ2) is 6.37. The van der Waals surface area contributed by atoms with Crippen LogP contribution in [0.3, 0.4) is 0 Å². The summed E-state index contributed by atoms with van der Waals surface area (Å²) in [6, 6.07) is 5.49. The second-order valence-corrected chi connectivity index (χ2v) is 5.84. The third-order valence-corrected chi connectivity index (χ3v) is 4.32. The fourth-order valence-electron chi connectivity index (χ4n) is 2.59. The van der Waals surface area contributed by atoms with Crippen LogP contribution in [0.15, 0.2) is 22.7 Å². The molecule has 2 rings (SSSR count). The Hall–Kier alpha value is -0.830. The van der Waals surface area contributed by atoms with Crippen molar-refractivity contribution in [3.8, 4) is 5.75 Å². The van der Waals surface area contributed by atoms with E-state index in [0.717, 1.165) is 35.3 Å². The molecule has 0 N–H and O–H groups in total. The molecule has 0 bridgehead atoms. The van der Waals surface area contributed by atoms with Gasteiger partial charge in [0, 0.05) is 5.56 Å². The normalized spacial score (nSPS) is 23.7. The Bertz CT molecular complexity index is 417. The van der Waals surface area contributed by atoms with Crippen LogP contribution in [0.4, 0.5) is 0 Å². The minimum atomic E-state index is 0.321. The van der Waals surface area contributed by atoms with Crippen LogP contribution in [0.25, 0.3) is 0 Å². The Labute approximate surface area is 117 Å². The number of halogens is 1. The van der Waals surface area contributed by atoms with E-state index in [9.17, 15) is 4.79 Å². The molecule has 1 aliphatic carbocycles. The molecule has 1 saturated carbocycles. The molecule has 0 aromatic heterocycles. The van der Waals surface area contributed by atoms with Gasteiger partial charge in [-0.05, 0) is 59.3 Å². The van der Waals surface area contributed by atoms with Crippen LogP contribution < -0.4 is 4.74 Å². The lowest BCUT2D eigenvalue weighted by Gasteiger charge is -2.29. The van der Waals surface area contributed by atoms with Crippen molar-refractivity contribution >= 4 is 22.2 Å². The molecular formula is C15H19BrO2. The third-order valence-electron chi connectivity index (χ3n) is 3.70. The van der Waals surface area contributed by atoms with Crippen LogP contribution in [-0.4, -0.2) is 12.4 Å². The topological polar surface area (TPSA) is 26.3 Å². The van der Waals surface area contributed by atoms with Crippen molar-refractivity contribution in [2.75, 3.05) is 0 Å². The standard InChI is InChI=1S/C15H19BrO2/c1-2-11-4-3-5-13(8-11)18-15-7-6-12(10-17)9-14(15)16/h6-7,9-11,13H,2-5,8H2,1H3. The van der Waals surface area contributed by atoms with Crippen LogP contribution in [0.5, 0.6) is 5.75 Å². The first-order chi connectivity index (χ1) is 8.72. The molecule has 0 heterocycles. The van der Waals surface area contributed by atoms with Gasteiger partial charge in [0.1, 0.15) is 12.0 Å². The zero-order valence-electron chi connectivity index (χ0n) is 10.7. The van der Waals surface area contributed by atoms with Gasteiger partial charge in [0.05, 0.1) is 10.6 Å². The predicted octanol–water partition coefficient (Wildman–Crippen LogP) is 4.61. The molecule has 18 heavy (non-hydrogen) atoms. The van der Waals surface area contributed by atoms with E-state index in [1.54, 1.807) is 6.07 Å². The van der Waals surface area contributed by atoms with Crippen molar-refractivity contribution in [3.63, 3.8) is 0 Å². The van der Waals surface area contributed by atoms with Crippen molar-refractivity contribution in [2.45, 2.75) is 45.1 Å². The van der Waals surface area contributed by atoms with Crippen LogP contribution >= 0.6 is 15.9 Å². The molecular weight excluding hydrogens is 292 g/mol. The first-order valence-corrected chi connectivity index (χ1v) is 7.43. The molecule has 0 saturated heterocycles. The van der Waals surface area contributed by atoms with Gasteiger partial charge in [0.25, 0.3) is 0 Å². The molecule has 0 aliphatic heterocycles. The zero-order chi connectivity index (χ0) is 13.0. The summed E-state index contributed by atoms with van der Waals surface area (Å²) in [7, 11) is 0. The lowest BCUT2D eigenvalue weighted by Crippen LogP contribution is -2.25. The lowest BCUT2D eigenvalue weighted by atomic mass is 9.85. The van der Waals surface area contributed by atoms with Crippen molar-refractivity contribution < 1.29 is 9.53 Å². The Morgan fingerprint density at radius 2 is 2.28 bits per heavy atom. The highest BCUT2D eigenvalue weighted by atomic mass is 79.9. The average Bonchev–Trinajstić information content (AvgIpc) is 2.41. The number of carbonyl (C=O) groups is 1. The quantitative estimate of drug-likeness (QED) is 0.759. The van der Waals surface area contributed by atoms with Gasteiger partial charge in [0.15, 0.2) is 0 Å². The van der Waals surface area contributed by atoms with Crippen LogP contribution in [0, 0.1) is 5.92 Å². The fourth-order valence-corrected chi connectivity index (χ4v) is 3.07. The lowest BCUT2D eigenvalue weighted by molar-refractivity contribution is 0.112. The maximum atomic E-state index is 10.7. The highest BCUT2D eigenvalue weighted by Gasteiger charge is 2.22. The smallest absolute Gasteiger partial charge is 0.150 e. The highest BCUT2D eigenvalue weighted by Crippen LogP contribution is 2.32. The van der Waals surface area contributed by atoms with Crippen LogP contribution in [0.1, 0.15) is 49.4 Å². The maximum Gasteiger partial charge on any atom is 0.150 e. The van der Waals surface area contributed by atoms with Gasteiger partial charge in [-0.1, -0.05) is 19.8 Å². The summed E-state index contributed by atoms with van der Waals surface area (Å²) in [4.78, 5) is 10.7. The molecule has 2 nitrogen and oxygen atoms in total. The van der Waals surface area contributed by atoms with Crippen LogP contribution in [0.2, 0.25) is 0 Å². The van der Waals surface area contributed by atoms with Crippen molar-refractivity contribution in [1.82, 2.24) is 0 Å². The van der Waals surface area contributed by atoms with Crippen LogP contribution in [-0.2, 0) is 0 Å². The summed E-state index contributed by atoms with van der Waals surface area (Å²) in [5.74, 6) is 1.65. The summed E-state index contributed by atoms with van der Waals surface area (Å²) in [5.41, 5.74) is 0.671. The summed E-state index contributed by atoms with van der Waals surface area (Å²) in [6.45, 7) is 2.25. The minimum absolute atomic E-state index is 0.321. The Balaban J connectivity index is 2.02. The van der Waals surface area contributed by atoms with Gasteiger partial charge in [-0.2, -0.15) is 0 Å². The van der Waals surface area contributed by atoms with E-state index in [1.807, 2.05) is 12.1 Å². The number of carbonyl (C=O) groups excluding carboxylic acids is 1. The van der Waals surface area contributed by atoms with E-state index in [-0.39, 0.29) is 0 Å². The molecule has 0 spiro atoms. The van der Waals surface area contributed by atoms with Gasteiger partial charge in [-0.25, -0.2) is 0 Å². The molecule has 1 aromatic carbocycles. The number of rotatable bonds is 4. The molecule has 2 atom stereocenters. The van der Waals surface area contributed by atoms with Crippen molar-refractivity contribution in [2.24, 2.45) is 5.92 Å². The molecule has 1 fully saturated rings.